The normalized spacial score (nSPS) is 11.1. The summed E-state index contributed by atoms with van der Waals surface area (Å²) >= 11 is 0. The van der Waals surface area contributed by atoms with Crippen LogP contribution in [0.25, 0.3) is 22.4 Å². The van der Waals surface area contributed by atoms with Gasteiger partial charge in [-0.2, -0.15) is 4.98 Å². The number of hydrogen-bond donors (Lipinski definition) is 0. The number of benzene rings is 2. The van der Waals surface area contributed by atoms with Crippen molar-refractivity contribution < 1.29 is 9.26 Å². The first kappa shape index (κ1) is 21.5. The molecular formula is C24H27N5O3. The molecular weight excluding hydrogens is 406 g/mol. The zero-order valence-electron chi connectivity index (χ0n) is 18.6. The van der Waals surface area contributed by atoms with Crippen molar-refractivity contribution in [3.8, 4) is 17.1 Å². The first-order chi connectivity index (χ1) is 15.6. The van der Waals surface area contributed by atoms with E-state index in [1.165, 1.54) is 0 Å². The summed E-state index contributed by atoms with van der Waals surface area (Å²) in [5, 5.41) is 4.10. The van der Waals surface area contributed by atoms with Crippen LogP contribution in [0.1, 0.15) is 32.6 Å². The Bertz CT molecular complexity index is 1260. The van der Waals surface area contributed by atoms with E-state index in [0.29, 0.717) is 23.3 Å². The van der Waals surface area contributed by atoms with Crippen LogP contribution in [0.5, 0.6) is 5.75 Å². The predicted octanol–water partition coefficient (Wildman–Crippen LogP) is 4.13. The topological polar surface area (TPSA) is 86.3 Å². The molecule has 32 heavy (non-hydrogen) atoms. The molecule has 166 valence electrons. The van der Waals surface area contributed by atoms with Crippen molar-refractivity contribution in [2.75, 3.05) is 25.1 Å². The van der Waals surface area contributed by atoms with Gasteiger partial charge in [-0.3, -0.25) is 9.36 Å². The van der Waals surface area contributed by atoms with Crippen LogP contribution in [-0.4, -0.2) is 39.9 Å². The van der Waals surface area contributed by atoms with Gasteiger partial charge in [-0.25, -0.2) is 4.98 Å². The highest BCUT2D eigenvalue weighted by atomic mass is 16.5. The summed E-state index contributed by atoms with van der Waals surface area (Å²) in [6, 6.07) is 15.1. The number of fused-ring (bicyclic) bond motifs is 1. The second-order valence-electron chi connectivity index (χ2n) is 7.55. The molecule has 2 heterocycles. The second kappa shape index (κ2) is 9.64. The number of methoxy groups -OCH3 is 1. The Balaban J connectivity index is 1.75. The fourth-order valence-corrected chi connectivity index (χ4v) is 3.74. The first-order valence-corrected chi connectivity index (χ1v) is 10.9. The highest BCUT2D eigenvalue weighted by Crippen LogP contribution is 2.22. The van der Waals surface area contributed by atoms with Crippen molar-refractivity contribution in [2.24, 2.45) is 0 Å². The van der Waals surface area contributed by atoms with Crippen LogP contribution in [0.4, 0.5) is 5.82 Å². The molecule has 0 aliphatic rings. The average Bonchev–Trinajstić information content (AvgIpc) is 3.29. The summed E-state index contributed by atoms with van der Waals surface area (Å²) in [6.45, 7) is 5.91. The Morgan fingerprint density at radius 2 is 1.81 bits per heavy atom. The molecule has 0 amide bonds. The van der Waals surface area contributed by atoms with E-state index in [-0.39, 0.29) is 12.1 Å². The molecule has 0 saturated heterocycles. The lowest BCUT2D eigenvalue weighted by atomic mass is 10.2. The van der Waals surface area contributed by atoms with Crippen LogP contribution < -0.4 is 15.2 Å². The summed E-state index contributed by atoms with van der Waals surface area (Å²) in [4.78, 5) is 24.8. The van der Waals surface area contributed by atoms with Crippen molar-refractivity contribution in [3.05, 3.63) is 64.8 Å². The van der Waals surface area contributed by atoms with Gasteiger partial charge < -0.3 is 14.2 Å². The van der Waals surface area contributed by atoms with Gasteiger partial charge in [-0.1, -0.05) is 43.3 Å². The van der Waals surface area contributed by atoms with Gasteiger partial charge in [0.2, 0.25) is 11.7 Å². The Kier molecular flexibility index (Phi) is 6.49. The lowest BCUT2D eigenvalue weighted by Crippen LogP contribution is -2.35. The molecule has 0 bridgehead atoms. The minimum absolute atomic E-state index is 0.160. The number of hydrogen-bond acceptors (Lipinski definition) is 7. The maximum absolute atomic E-state index is 13.5. The molecule has 8 nitrogen and oxygen atoms in total. The predicted molar refractivity (Wildman–Crippen MR) is 124 cm³/mol. The van der Waals surface area contributed by atoms with Crippen molar-refractivity contribution in [3.63, 3.8) is 0 Å². The molecule has 0 atom stereocenters. The smallest absolute Gasteiger partial charge is 0.294 e. The Hall–Kier alpha value is -3.68. The number of ether oxygens (including phenoxy) is 1. The van der Waals surface area contributed by atoms with Crippen LogP contribution >= 0.6 is 0 Å². The van der Waals surface area contributed by atoms with Gasteiger partial charge in [0.1, 0.15) is 12.3 Å². The molecule has 0 spiro atoms. The van der Waals surface area contributed by atoms with Gasteiger partial charge in [-0.15, -0.1) is 0 Å². The molecule has 0 aliphatic carbocycles. The van der Waals surface area contributed by atoms with E-state index < -0.39 is 0 Å². The number of anilines is 1. The van der Waals surface area contributed by atoms with Crippen molar-refractivity contribution in [1.29, 1.82) is 0 Å². The minimum atomic E-state index is -0.160. The number of para-hydroxylation sites is 2. The van der Waals surface area contributed by atoms with Crippen LogP contribution in [-0.2, 0) is 6.54 Å². The average molecular weight is 434 g/mol. The Morgan fingerprint density at radius 3 is 2.56 bits per heavy atom. The number of aromatic nitrogens is 4. The van der Waals surface area contributed by atoms with E-state index in [1.54, 1.807) is 11.7 Å². The zero-order valence-corrected chi connectivity index (χ0v) is 18.6. The quantitative estimate of drug-likeness (QED) is 0.392. The van der Waals surface area contributed by atoms with E-state index in [1.807, 2.05) is 48.5 Å². The third-order valence-corrected chi connectivity index (χ3v) is 5.21. The molecule has 2 aromatic carbocycles. The van der Waals surface area contributed by atoms with Crippen LogP contribution in [0.3, 0.4) is 0 Å². The van der Waals surface area contributed by atoms with E-state index in [4.69, 9.17) is 14.2 Å². The monoisotopic (exact) mass is 433 g/mol. The summed E-state index contributed by atoms with van der Waals surface area (Å²) in [5.41, 5.74) is 2.11. The number of nitrogens with zero attached hydrogens (tertiary/aromatic N) is 5. The van der Waals surface area contributed by atoms with Crippen LogP contribution in [0.15, 0.2) is 57.8 Å². The molecule has 4 rings (SSSR count). The van der Waals surface area contributed by atoms with E-state index in [2.05, 4.69) is 28.9 Å². The third kappa shape index (κ3) is 4.34. The standard InChI is InChI=1S/C24H27N5O3/c1-4-13-28(14-5-2)23-24(30)29(20-12-7-6-11-19(20)25-23)16-21-26-22(27-32-21)17-9-8-10-18(15-17)31-3/h6-12,15H,4-5,13-14,16H2,1-3H3. The molecule has 0 aliphatic heterocycles. The largest absolute Gasteiger partial charge is 0.497 e. The molecule has 0 fully saturated rings. The van der Waals surface area contributed by atoms with Gasteiger partial charge in [0, 0.05) is 18.7 Å². The van der Waals surface area contributed by atoms with Crippen molar-refractivity contribution >= 4 is 16.9 Å². The summed E-state index contributed by atoms with van der Waals surface area (Å²) < 4.78 is 12.4. The summed E-state index contributed by atoms with van der Waals surface area (Å²) in [7, 11) is 1.61. The van der Waals surface area contributed by atoms with Crippen LogP contribution in [0.2, 0.25) is 0 Å². The molecule has 0 saturated carbocycles. The highest BCUT2D eigenvalue weighted by molar-refractivity contribution is 5.76. The number of rotatable bonds is 9. The maximum atomic E-state index is 13.5. The lowest BCUT2D eigenvalue weighted by Gasteiger charge is -2.23. The van der Waals surface area contributed by atoms with Crippen molar-refractivity contribution in [2.45, 2.75) is 33.2 Å². The third-order valence-electron chi connectivity index (χ3n) is 5.21. The van der Waals surface area contributed by atoms with E-state index in [9.17, 15) is 4.79 Å². The fraction of sp³-hybridized carbons (Fsp3) is 0.333. The molecule has 8 heteroatoms. The molecule has 2 aromatic heterocycles. The fourth-order valence-electron chi connectivity index (χ4n) is 3.74. The Labute approximate surface area is 186 Å². The van der Waals surface area contributed by atoms with Gasteiger partial charge >= 0.3 is 0 Å². The minimum Gasteiger partial charge on any atom is -0.497 e. The lowest BCUT2D eigenvalue weighted by molar-refractivity contribution is 0.371. The van der Waals surface area contributed by atoms with Gasteiger partial charge in [0.05, 0.1) is 18.1 Å². The van der Waals surface area contributed by atoms with Gasteiger partial charge in [-0.05, 0) is 37.1 Å². The van der Waals surface area contributed by atoms with E-state index >= 15 is 0 Å². The Morgan fingerprint density at radius 1 is 1.03 bits per heavy atom. The zero-order chi connectivity index (χ0) is 22.5. The van der Waals surface area contributed by atoms with Crippen molar-refractivity contribution in [1.82, 2.24) is 19.7 Å². The van der Waals surface area contributed by atoms with E-state index in [0.717, 1.165) is 42.5 Å². The van der Waals surface area contributed by atoms with Crippen LogP contribution in [0, 0.1) is 0 Å². The molecule has 4 aromatic rings. The van der Waals surface area contributed by atoms with Gasteiger partial charge in [0.25, 0.3) is 5.56 Å². The second-order valence-corrected chi connectivity index (χ2v) is 7.55. The van der Waals surface area contributed by atoms with Gasteiger partial charge in [0.15, 0.2) is 5.82 Å². The maximum Gasteiger partial charge on any atom is 0.294 e. The molecule has 0 N–H and O–H groups in total. The first-order valence-electron chi connectivity index (χ1n) is 10.9. The molecule has 0 unspecified atom stereocenters. The molecule has 0 radical (unpaired) electrons. The summed E-state index contributed by atoms with van der Waals surface area (Å²) in [6.07, 6.45) is 1.86. The highest BCUT2D eigenvalue weighted by Gasteiger charge is 2.18. The summed E-state index contributed by atoms with van der Waals surface area (Å²) in [5.74, 6) is 1.97. The SMILES string of the molecule is CCCN(CCC)c1nc2ccccc2n(Cc2nc(-c3cccc(OC)c3)no2)c1=O.